The van der Waals surface area contributed by atoms with Gasteiger partial charge in [-0.15, -0.1) is 0 Å². The smallest absolute Gasteiger partial charge is 0.475 e. The van der Waals surface area contributed by atoms with E-state index in [2.05, 4.69) is 11.4 Å². The highest BCUT2D eigenvalue weighted by Gasteiger charge is 2.39. The number of nitrogens with one attached hydrogen (secondary N) is 1. The highest BCUT2D eigenvalue weighted by Crippen LogP contribution is 2.28. The zero-order valence-electron chi connectivity index (χ0n) is 22.7. The van der Waals surface area contributed by atoms with Crippen molar-refractivity contribution in [1.29, 1.82) is 0 Å². The summed E-state index contributed by atoms with van der Waals surface area (Å²) in [6.07, 6.45) is -6.91. The number of aryl methyl sites for hydroxylation is 2. The molecule has 5 N–H and O–H groups in total. The largest absolute Gasteiger partial charge is 0.490 e. The summed E-state index contributed by atoms with van der Waals surface area (Å²) in [6.45, 7) is -0.0785. The van der Waals surface area contributed by atoms with E-state index < -0.39 is 30.3 Å². The van der Waals surface area contributed by atoms with Crippen LogP contribution in [0.2, 0.25) is 0 Å². The number of nitrogens with zero attached hydrogens (tertiary/aromatic N) is 1. The molecule has 0 fully saturated rings. The van der Waals surface area contributed by atoms with Crippen LogP contribution in [0, 0.1) is 0 Å². The fourth-order valence-electron chi connectivity index (χ4n) is 4.02. The second-order valence-electron chi connectivity index (χ2n) is 9.07. The zero-order valence-corrected chi connectivity index (χ0v) is 22.7. The van der Waals surface area contributed by atoms with Gasteiger partial charge in [0.05, 0.1) is 6.67 Å². The first-order valence-electron chi connectivity index (χ1n) is 12.7. The fourth-order valence-corrected chi connectivity index (χ4v) is 4.02. The lowest BCUT2D eigenvalue weighted by Crippen LogP contribution is -2.44. The maximum absolute atomic E-state index is 13.4. The molecule has 0 heterocycles. The molecule has 9 nitrogen and oxygen atoms in total. The first kappa shape index (κ1) is 35.3. The fraction of sp³-hybridized carbons (Fsp3) is 0.241. The Morgan fingerprint density at radius 1 is 0.773 bits per heavy atom. The van der Waals surface area contributed by atoms with Gasteiger partial charge in [0.1, 0.15) is 6.04 Å². The number of fused-ring (bicyclic) bond motifs is 1. The molecule has 1 aliphatic carbocycles. The lowest BCUT2D eigenvalue weighted by molar-refractivity contribution is -0.193. The summed E-state index contributed by atoms with van der Waals surface area (Å²) in [4.78, 5) is 45.8. The van der Waals surface area contributed by atoms with Crippen LogP contribution in [0.3, 0.4) is 0 Å². The lowest BCUT2D eigenvalue weighted by Gasteiger charge is -2.30. The van der Waals surface area contributed by atoms with Gasteiger partial charge in [0.25, 0.3) is 11.8 Å². The van der Waals surface area contributed by atoms with Crippen molar-refractivity contribution in [2.24, 2.45) is 5.73 Å². The number of benzene rings is 3. The van der Waals surface area contributed by atoms with Crippen molar-refractivity contribution in [3.63, 3.8) is 0 Å². The highest BCUT2D eigenvalue weighted by molar-refractivity contribution is 6.01. The number of alkyl halides is 6. The van der Waals surface area contributed by atoms with Crippen LogP contribution in [0.5, 0.6) is 0 Å². The lowest BCUT2D eigenvalue weighted by atomic mass is 10.0. The first-order valence-corrected chi connectivity index (χ1v) is 12.7. The maximum atomic E-state index is 13.4. The van der Waals surface area contributed by atoms with E-state index in [1.807, 2.05) is 48.5 Å². The summed E-state index contributed by atoms with van der Waals surface area (Å²) in [5, 5.41) is 17.3. The van der Waals surface area contributed by atoms with Gasteiger partial charge in [-0.3, -0.25) is 9.59 Å². The van der Waals surface area contributed by atoms with Gasteiger partial charge < -0.3 is 26.2 Å². The molecule has 3 aromatic carbocycles. The van der Waals surface area contributed by atoms with Crippen LogP contribution < -0.4 is 11.1 Å². The molecule has 0 saturated carbocycles. The number of anilines is 1. The second-order valence-corrected chi connectivity index (χ2v) is 9.07. The number of aliphatic carboxylic acids is 2. The SMILES string of the molecule is NCN(C(=O)c1ccccc1)[C@@H](C(=O)Nc1ccc2c(c1)CCC2)c1ccccc1.O=C(O)C(F)(F)F.O=C(O)C(F)(F)F. The first-order chi connectivity index (χ1) is 20.6. The molecule has 44 heavy (non-hydrogen) atoms. The number of amides is 2. The molecule has 236 valence electrons. The van der Waals surface area contributed by atoms with Gasteiger partial charge in [-0.25, -0.2) is 9.59 Å². The van der Waals surface area contributed by atoms with E-state index in [0.717, 1.165) is 24.9 Å². The molecule has 0 spiro atoms. The number of halogens is 6. The van der Waals surface area contributed by atoms with Crippen LogP contribution in [0.15, 0.2) is 78.9 Å². The van der Waals surface area contributed by atoms with E-state index in [0.29, 0.717) is 11.1 Å². The molecule has 0 saturated heterocycles. The number of hydrogen-bond donors (Lipinski definition) is 4. The predicted octanol–water partition coefficient (Wildman–Crippen LogP) is 5.18. The zero-order chi connectivity index (χ0) is 33.1. The van der Waals surface area contributed by atoms with Crippen LogP contribution in [-0.4, -0.2) is 57.9 Å². The third kappa shape index (κ3) is 10.4. The van der Waals surface area contributed by atoms with Crippen LogP contribution >= 0.6 is 0 Å². The van der Waals surface area contributed by atoms with Crippen molar-refractivity contribution in [3.05, 3.63) is 101 Å². The predicted molar refractivity (Wildman–Crippen MR) is 145 cm³/mol. The van der Waals surface area contributed by atoms with Crippen LogP contribution in [0.4, 0.5) is 32.0 Å². The quantitative estimate of drug-likeness (QED) is 0.217. The molecule has 0 bridgehead atoms. The monoisotopic (exact) mass is 627 g/mol. The standard InChI is InChI=1S/C25H25N3O2.2C2HF3O2/c26-17-28(25(30)20-10-5-2-6-11-20)23(19-8-3-1-4-9-19)24(29)27-22-15-14-18-12-7-13-21(18)16-22;2*3-2(4,5)1(6)7/h1-6,8-11,14-16,23H,7,12-13,17,26H2,(H,27,29);2*(H,6,7)/t23-;;/m1../s1. The minimum absolute atomic E-state index is 0.0785. The Hall–Kier alpha value is -4.92. The Morgan fingerprint density at radius 3 is 1.73 bits per heavy atom. The van der Waals surface area contributed by atoms with Gasteiger partial charge in [-0.2, -0.15) is 26.3 Å². The number of carboxylic acids is 2. The Bertz CT molecular complexity index is 1410. The van der Waals surface area contributed by atoms with Gasteiger partial charge in [0, 0.05) is 11.3 Å². The number of hydrogen-bond acceptors (Lipinski definition) is 5. The molecular formula is C29H27F6N3O6. The molecule has 0 aliphatic heterocycles. The van der Waals surface area contributed by atoms with E-state index >= 15 is 0 Å². The number of carbonyl (C=O) groups is 4. The molecule has 4 rings (SSSR count). The third-order valence-electron chi connectivity index (χ3n) is 6.00. The summed E-state index contributed by atoms with van der Waals surface area (Å²) >= 11 is 0. The number of nitrogens with two attached hydrogens (primary N) is 1. The van der Waals surface area contributed by atoms with Crippen molar-refractivity contribution in [2.45, 2.75) is 37.7 Å². The second kappa shape index (κ2) is 15.5. The Kier molecular flexibility index (Phi) is 12.4. The number of carboxylic acid groups (broad SMARTS) is 2. The molecule has 0 aromatic heterocycles. The number of carbonyl (C=O) groups excluding carboxylic acids is 2. The van der Waals surface area contributed by atoms with Gasteiger partial charge >= 0.3 is 24.3 Å². The van der Waals surface area contributed by atoms with Crippen LogP contribution in [0.25, 0.3) is 0 Å². The Morgan fingerprint density at radius 2 is 1.25 bits per heavy atom. The maximum Gasteiger partial charge on any atom is 0.490 e. The summed E-state index contributed by atoms with van der Waals surface area (Å²) < 4.78 is 63.5. The van der Waals surface area contributed by atoms with Crippen molar-refractivity contribution < 1.29 is 55.7 Å². The van der Waals surface area contributed by atoms with Crippen molar-refractivity contribution in [3.8, 4) is 0 Å². The van der Waals surface area contributed by atoms with Crippen LogP contribution in [-0.2, 0) is 27.2 Å². The Balaban J connectivity index is 0.000000402. The summed E-state index contributed by atoms with van der Waals surface area (Å²) in [5.74, 6) is -6.08. The average Bonchev–Trinajstić information content (AvgIpc) is 3.44. The normalized spacial score (nSPS) is 12.7. The van der Waals surface area contributed by atoms with Crippen molar-refractivity contribution in [2.75, 3.05) is 12.0 Å². The van der Waals surface area contributed by atoms with E-state index in [1.165, 1.54) is 16.0 Å². The topological polar surface area (TPSA) is 150 Å². The van der Waals surface area contributed by atoms with Gasteiger partial charge in [0.15, 0.2) is 0 Å². The number of rotatable bonds is 6. The molecule has 1 atom stereocenters. The molecule has 0 radical (unpaired) electrons. The minimum atomic E-state index is -5.08. The molecular weight excluding hydrogens is 600 g/mol. The molecule has 2 amide bonds. The summed E-state index contributed by atoms with van der Waals surface area (Å²) in [6, 6.07) is 23.4. The molecule has 3 aromatic rings. The van der Waals surface area contributed by atoms with Crippen molar-refractivity contribution in [1.82, 2.24) is 4.90 Å². The van der Waals surface area contributed by atoms with Gasteiger partial charge in [-0.05, 0) is 60.2 Å². The van der Waals surface area contributed by atoms with E-state index in [4.69, 9.17) is 25.5 Å². The van der Waals surface area contributed by atoms with E-state index in [-0.39, 0.29) is 18.5 Å². The van der Waals surface area contributed by atoms with Crippen molar-refractivity contribution >= 4 is 29.4 Å². The van der Waals surface area contributed by atoms with Gasteiger partial charge in [0.2, 0.25) is 0 Å². The third-order valence-corrected chi connectivity index (χ3v) is 6.00. The van der Waals surface area contributed by atoms with E-state index in [1.54, 1.807) is 24.3 Å². The minimum Gasteiger partial charge on any atom is -0.475 e. The van der Waals surface area contributed by atoms with E-state index in [9.17, 15) is 35.9 Å². The Labute approximate surface area is 246 Å². The van der Waals surface area contributed by atoms with Crippen LogP contribution in [0.1, 0.15) is 39.5 Å². The molecule has 0 unspecified atom stereocenters. The summed E-state index contributed by atoms with van der Waals surface area (Å²) in [7, 11) is 0. The van der Waals surface area contributed by atoms with Gasteiger partial charge in [-0.1, -0.05) is 54.6 Å². The summed E-state index contributed by atoms with van der Waals surface area (Å²) in [5.41, 5.74) is 10.6. The molecule has 1 aliphatic rings. The molecule has 15 heteroatoms. The average molecular weight is 628 g/mol. The highest BCUT2D eigenvalue weighted by atomic mass is 19.4.